The number of para-hydroxylation sites is 1. The molecule has 0 atom stereocenters. The lowest BCUT2D eigenvalue weighted by Crippen LogP contribution is -2.34. The maximum absolute atomic E-state index is 6.51. The quantitative estimate of drug-likeness (QED) is 0.359. The first-order valence-corrected chi connectivity index (χ1v) is 13.3. The standard InChI is InChI=1S/C25H23ClN3S3/c1-4-29-17(2)24(25-27(3)23-19(26)11-8-12-20(23)31-25)32-22(29)15-21-28(13-14-30-21)16-18-9-6-5-7-10-18/h5-15H,2,4,16H2,1,3H3/q+1/b25-24+. The van der Waals surface area contributed by atoms with Gasteiger partial charge in [0.1, 0.15) is 0 Å². The maximum Gasteiger partial charge on any atom is 0.264 e. The van der Waals surface area contributed by atoms with Crippen LogP contribution in [0.4, 0.5) is 5.69 Å². The van der Waals surface area contributed by atoms with E-state index in [0.717, 1.165) is 29.5 Å². The Hall–Kier alpha value is -2.12. The van der Waals surface area contributed by atoms with E-state index in [-0.39, 0.29) is 0 Å². The molecule has 0 unspecified atom stereocenters. The number of halogens is 1. The van der Waals surface area contributed by atoms with Crippen molar-refractivity contribution in [3.8, 4) is 0 Å². The Morgan fingerprint density at radius 2 is 1.91 bits per heavy atom. The van der Waals surface area contributed by atoms with E-state index in [9.17, 15) is 0 Å². The highest BCUT2D eigenvalue weighted by molar-refractivity contribution is 8.09. The molecule has 3 nitrogen and oxygen atoms in total. The number of hydrogen-bond acceptors (Lipinski definition) is 5. The molecule has 2 aliphatic heterocycles. The minimum Gasteiger partial charge on any atom is -0.336 e. The van der Waals surface area contributed by atoms with E-state index in [1.54, 1.807) is 34.9 Å². The Kier molecular flexibility index (Phi) is 6.12. The fraction of sp³-hybridized carbons (Fsp3) is 0.160. The second-order valence-corrected chi connectivity index (χ2v) is 10.9. The molecule has 3 aromatic rings. The number of aromatic nitrogens is 1. The average molecular weight is 497 g/mol. The number of fused-ring (bicyclic) bond motifs is 1. The zero-order valence-electron chi connectivity index (χ0n) is 17.9. The molecule has 0 spiro atoms. The van der Waals surface area contributed by atoms with Crippen LogP contribution in [0.15, 0.2) is 92.2 Å². The third-order valence-electron chi connectivity index (χ3n) is 5.52. The summed E-state index contributed by atoms with van der Waals surface area (Å²) in [4.78, 5) is 6.89. The van der Waals surface area contributed by atoms with Crippen LogP contribution in [0, 0.1) is 0 Å². The largest absolute Gasteiger partial charge is 0.336 e. The molecule has 2 aromatic carbocycles. The van der Waals surface area contributed by atoms with Gasteiger partial charge in [0, 0.05) is 24.1 Å². The van der Waals surface area contributed by atoms with E-state index < -0.39 is 0 Å². The van der Waals surface area contributed by atoms with Crippen LogP contribution in [0.25, 0.3) is 6.08 Å². The van der Waals surface area contributed by atoms with Gasteiger partial charge in [-0.2, -0.15) is 4.57 Å². The summed E-state index contributed by atoms with van der Waals surface area (Å²) in [5, 5.41) is 6.56. The maximum atomic E-state index is 6.51. The van der Waals surface area contributed by atoms with Crippen molar-refractivity contribution < 1.29 is 4.57 Å². The molecule has 1 fully saturated rings. The van der Waals surface area contributed by atoms with Gasteiger partial charge >= 0.3 is 0 Å². The van der Waals surface area contributed by atoms with Crippen LogP contribution in [-0.2, 0) is 6.54 Å². The summed E-state index contributed by atoms with van der Waals surface area (Å²) in [6, 6.07) is 16.7. The van der Waals surface area contributed by atoms with Crippen molar-refractivity contribution in [1.29, 1.82) is 0 Å². The molecular formula is C25H23ClN3S3+. The summed E-state index contributed by atoms with van der Waals surface area (Å²) in [6.07, 6.45) is 4.45. The lowest BCUT2D eigenvalue weighted by Gasteiger charge is -2.19. The lowest BCUT2D eigenvalue weighted by atomic mass is 10.2. The number of thiazole rings is 1. The van der Waals surface area contributed by atoms with Crippen LogP contribution in [0.2, 0.25) is 5.02 Å². The summed E-state index contributed by atoms with van der Waals surface area (Å²) < 4.78 is 2.31. The van der Waals surface area contributed by atoms with Crippen LogP contribution < -0.4 is 9.47 Å². The fourth-order valence-corrected chi connectivity index (χ4v) is 7.71. The van der Waals surface area contributed by atoms with E-state index in [1.807, 2.05) is 12.1 Å². The molecule has 3 heterocycles. The molecule has 162 valence electrons. The molecule has 0 bridgehead atoms. The number of rotatable bonds is 4. The molecule has 0 amide bonds. The molecule has 0 N–H and O–H groups in total. The number of benzene rings is 2. The number of hydrogen-bond donors (Lipinski definition) is 0. The molecule has 0 aliphatic carbocycles. The first-order valence-electron chi connectivity index (χ1n) is 10.4. The van der Waals surface area contributed by atoms with Gasteiger partial charge in [-0.05, 0) is 19.1 Å². The minimum atomic E-state index is 0.783. The molecule has 1 aromatic heterocycles. The summed E-state index contributed by atoms with van der Waals surface area (Å²) in [7, 11) is 2.09. The second kappa shape index (κ2) is 9.02. The Morgan fingerprint density at radius 1 is 1.09 bits per heavy atom. The predicted octanol–water partition coefficient (Wildman–Crippen LogP) is 7.03. The van der Waals surface area contributed by atoms with Crippen molar-refractivity contribution in [2.75, 3.05) is 18.5 Å². The zero-order chi connectivity index (χ0) is 22.2. The van der Waals surface area contributed by atoms with Gasteiger partial charge in [0.05, 0.1) is 42.8 Å². The topological polar surface area (TPSA) is 10.4 Å². The van der Waals surface area contributed by atoms with E-state index >= 15 is 0 Å². The number of likely N-dealkylation sites (N-methyl/N-ethyl adjacent to an activating group) is 1. The molecule has 7 heteroatoms. The summed E-state index contributed by atoms with van der Waals surface area (Å²) in [5.74, 6) is 0. The van der Waals surface area contributed by atoms with Crippen molar-refractivity contribution in [1.82, 2.24) is 4.90 Å². The number of thioether (sulfide) groups is 2. The highest BCUT2D eigenvalue weighted by Crippen LogP contribution is 2.55. The third kappa shape index (κ3) is 3.90. The molecule has 32 heavy (non-hydrogen) atoms. The van der Waals surface area contributed by atoms with Crippen LogP contribution in [0.1, 0.15) is 17.5 Å². The van der Waals surface area contributed by atoms with Crippen LogP contribution in [0.3, 0.4) is 0 Å². The van der Waals surface area contributed by atoms with E-state index in [2.05, 4.69) is 89.0 Å². The van der Waals surface area contributed by atoms with Crippen molar-refractivity contribution in [3.05, 3.63) is 103 Å². The minimum absolute atomic E-state index is 0.783. The molecular weight excluding hydrogens is 474 g/mol. The Balaban J connectivity index is 1.48. The lowest BCUT2D eigenvalue weighted by molar-refractivity contribution is -0.685. The van der Waals surface area contributed by atoms with Crippen molar-refractivity contribution in [3.63, 3.8) is 0 Å². The van der Waals surface area contributed by atoms with Crippen molar-refractivity contribution >= 4 is 58.2 Å². The van der Waals surface area contributed by atoms with Gasteiger partial charge in [-0.3, -0.25) is 0 Å². The van der Waals surface area contributed by atoms with Crippen molar-refractivity contribution in [2.45, 2.75) is 18.4 Å². The summed E-state index contributed by atoms with van der Waals surface area (Å²) in [6.45, 7) is 8.37. The molecule has 0 radical (unpaired) electrons. The predicted molar refractivity (Wildman–Crippen MR) is 140 cm³/mol. The Morgan fingerprint density at radius 3 is 2.66 bits per heavy atom. The van der Waals surface area contributed by atoms with Gasteiger partial charge < -0.3 is 9.80 Å². The SMILES string of the molecule is C=C1/C(=C2\Sc3cccc(Cl)c3N2C)S/C(=C\c2scc[n+]2Cc2ccccc2)N1CC. The van der Waals surface area contributed by atoms with Crippen LogP contribution in [0.5, 0.6) is 0 Å². The van der Waals surface area contributed by atoms with E-state index in [4.69, 9.17) is 11.6 Å². The van der Waals surface area contributed by atoms with Gasteiger partial charge in [0.15, 0.2) is 12.7 Å². The number of nitrogens with zero attached hydrogens (tertiary/aromatic N) is 3. The van der Waals surface area contributed by atoms with Gasteiger partial charge in [-0.25, -0.2) is 0 Å². The molecule has 2 aliphatic rings. The summed E-state index contributed by atoms with van der Waals surface area (Å²) in [5.41, 5.74) is 3.43. The highest BCUT2D eigenvalue weighted by atomic mass is 35.5. The first kappa shape index (κ1) is 21.7. The van der Waals surface area contributed by atoms with Gasteiger partial charge in [0.2, 0.25) is 0 Å². The van der Waals surface area contributed by atoms with Crippen LogP contribution >= 0.6 is 46.5 Å². The highest BCUT2D eigenvalue weighted by Gasteiger charge is 2.35. The average Bonchev–Trinajstić information content (AvgIpc) is 3.46. The Labute approximate surface area is 206 Å². The van der Waals surface area contributed by atoms with Crippen LogP contribution in [-0.4, -0.2) is 18.5 Å². The Bertz CT molecular complexity index is 1250. The van der Waals surface area contributed by atoms with Gasteiger partial charge in [-0.15, -0.1) is 0 Å². The second-order valence-electron chi connectivity index (χ2n) is 7.51. The normalized spacial score (nSPS) is 19.3. The molecule has 1 saturated heterocycles. The third-order valence-corrected chi connectivity index (χ3v) is 9.21. The molecule has 0 saturated carbocycles. The fourth-order valence-electron chi connectivity index (χ4n) is 3.92. The smallest absolute Gasteiger partial charge is 0.264 e. The first-order chi connectivity index (χ1) is 15.6. The van der Waals surface area contributed by atoms with Gasteiger partial charge in [0.25, 0.3) is 5.01 Å². The van der Waals surface area contributed by atoms with E-state index in [1.165, 1.54) is 30.4 Å². The molecule has 5 rings (SSSR count). The zero-order valence-corrected chi connectivity index (χ0v) is 21.1. The monoisotopic (exact) mass is 496 g/mol. The number of anilines is 1. The van der Waals surface area contributed by atoms with Gasteiger partial charge in [-0.1, -0.05) is 89.4 Å². The van der Waals surface area contributed by atoms with Crippen molar-refractivity contribution in [2.24, 2.45) is 0 Å². The summed E-state index contributed by atoms with van der Waals surface area (Å²) >= 11 is 11.8. The van der Waals surface area contributed by atoms with E-state index in [0.29, 0.717) is 0 Å².